The van der Waals surface area contributed by atoms with Gasteiger partial charge < -0.3 is 10.4 Å². The third kappa shape index (κ3) is 4.14. The van der Waals surface area contributed by atoms with Crippen molar-refractivity contribution in [3.8, 4) is 0 Å². The van der Waals surface area contributed by atoms with Crippen LogP contribution in [0.3, 0.4) is 0 Å². The van der Waals surface area contributed by atoms with Gasteiger partial charge >= 0.3 is 0 Å². The second-order valence-corrected chi connectivity index (χ2v) is 5.36. The summed E-state index contributed by atoms with van der Waals surface area (Å²) in [6, 6.07) is 5.17. The predicted molar refractivity (Wildman–Crippen MR) is 74.8 cm³/mol. The topological polar surface area (TPSA) is 35.5 Å². The average Bonchev–Trinajstić information content (AvgIpc) is 2.41. The lowest BCUT2D eigenvalue weighted by Gasteiger charge is -2.33. The van der Waals surface area contributed by atoms with Gasteiger partial charge in [0.25, 0.3) is 0 Å². The Balaban J connectivity index is 1.95. The Labute approximate surface area is 118 Å². The first-order valence-electron chi connectivity index (χ1n) is 6.70. The number of benzene rings is 1. The van der Waals surface area contributed by atoms with E-state index >= 15 is 0 Å². The first-order valence-corrected chi connectivity index (χ1v) is 7.08. The standard InChI is InChI=1S/C14H20ClFN2O/c15-13-4-1-5-14(16)12(13)10-18-7-2-3-11(9-18)17-6-8-19/h1,4-5,11,17,19H,2-3,6-10H2. The van der Waals surface area contributed by atoms with Crippen molar-refractivity contribution in [2.75, 3.05) is 26.2 Å². The van der Waals surface area contributed by atoms with Gasteiger partial charge in [0.2, 0.25) is 0 Å². The fourth-order valence-electron chi connectivity index (χ4n) is 2.54. The summed E-state index contributed by atoms with van der Waals surface area (Å²) in [7, 11) is 0. The second-order valence-electron chi connectivity index (χ2n) is 4.95. The van der Waals surface area contributed by atoms with Crippen LogP contribution in [0.5, 0.6) is 0 Å². The number of aliphatic hydroxyl groups excluding tert-OH is 1. The first-order chi connectivity index (χ1) is 9.20. The molecule has 0 radical (unpaired) electrons. The minimum Gasteiger partial charge on any atom is -0.395 e. The van der Waals surface area contributed by atoms with Crippen LogP contribution in [0.25, 0.3) is 0 Å². The lowest BCUT2D eigenvalue weighted by Crippen LogP contribution is -2.46. The number of halogens is 2. The Hall–Kier alpha value is -0.680. The molecule has 0 spiro atoms. The molecule has 106 valence electrons. The number of aliphatic hydroxyl groups is 1. The van der Waals surface area contributed by atoms with Gasteiger partial charge in [-0.1, -0.05) is 17.7 Å². The maximum absolute atomic E-state index is 13.7. The maximum Gasteiger partial charge on any atom is 0.129 e. The Morgan fingerprint density at radius 1 is 1.47 bits per heavy atom. The molecule has 0 saturated carbocycles. The molecule has 1 atom stereocenters. The quantitative estimate of drug-likeness (QED) is 0.869. The van der Waals surface area contributed by atoms with Gasteiger partial charge in [0, 0.05) is 36.3 Å². The number of likely N-dealkylation sites (tertiary alicyclic amines) is 1. The van der Waals surface area contributed by atoms with Gasteiger partial charge in [-0.3, -0.25) is 4.90 Å². The molecular formula is C14H20ClFN2O. The number of hydrogen-bond acceptors (Lipinski definition) is 3. The van der Waals surface area contributed by atoms with Gasteiger partial charge in [0.15, 0.2) is 0 Å². The van der Waals surface area contributed by atoms with Crippen molar-refractivity contribution in [1.82, 2.24) is 10.2 Å². The zero-order valence-electron chi connectivity index (χ0n) is 10.9. The largest absolute Gasteiger partial charge is 0.395 e. The van der Waals surface area contributed by atoms with E-state index in [9.17, 15) is 4.39 Å². The zero-order chi connectivity index (χ0) is 13.7. The van der Waals surface area contributed by atoms with Crippen LogP contribution in [0.1, 0.15) is 18.4 Å². The molecule has 1 aliphatic rings. The van der Waals surface area contributed by atoms with Crippen molar-refractivity contribution in [3.63, 3.8) is 0 Å². The van der Waals surface area contributed by atoms with Crippen LogP contribution in [-0.4, -0.2) is 42.3 Å². The molecule has 1 saturated heterocycles. The van der Waals surface area contributed by atoms with Crippen molar-refractivity contribution < 1.29 is 9.50 Å². The second kappa shape index (κ2) is 7.20. The van der Waals surface area contributed by atoms with Crippen LogP contribution in [-0.2, 0) is 6.54 Å². The highest BCUT2D eigenvalue weighted by Gasteiger charge is 2.21. The number of nitrogens with one attached hydrogen (secondary N) is 1. The molecule has 1 fully saturated rings. The molecule has 1 unspecified atom stereocenters. The zero-order valence-corrected chi connectivity index (χ0v) is 11.7. The summed E-state index contributed by atoms with van der Waals surface area (Å²) >= 11 is 6.05. The van der Waals surface area contributed by atoms with E-state index in [0.717, 1.165) is 25.9 Å². The Kier molecular flexibility index (Phi) is 5.58. The van der Waals surface area contributed by atoms with E-state index in [1.807, 2.05) is 0 Å². The van der Waals surface area contributed by atoms with E-state index in [0.29, 0.717) is 29.7 Å². The summed E-state index contributed by atoms with van der Waals surface area (Å²) in [4.78, 5) is 2.21. The average molecular weight is 287 g/mol. The monoisotopic (exact) mass is 286 g/mol. The van der Waals surface area contributed by atoms with Crippen LogP contribution in [0, 0.1) is 5.82 Å². The summed E-state index contributed by atoms with van der Waals surface area (Å²) in [5.74, 6) is -0.238. The molecular weight excluding hydrogens is 267 g/mol. The summed E-state index contributed by atoms with van der Waals surface area (Å²) < 4.78 is 13.7. The van der Waals surface area contributed by atoms with Crippen molar-refractivity contribution in [2.24, 2.45) is 0 Å². The number of nitrogens with zero attached hydrogens (tertiary/aromatic N) is 1. The van der Waals surface area contributed by atoms with E-state index in [2.05, 4.69) is 10.2 Å². The van der Waals surface area contributed by atoms with E-state index in [1.165, 1.54) is 6.07 Å². The summed E-state index contributed by atoms with van der Waals surface area (Å²) in [5, 5.41) is 12.6. The fraction of sp³-hybridized carbons (Fsp3) is 0.571. The molecule has 0 amide bonds. The number of hydrogen-bond donors (Lipinski definition) is 2. The minimum atomic E-state index is -0.238. The van der Waals surface area contributed by atoms with E-state index in [-0.39, 0.29) is 12.4 Å². The molecule has 19 heavy (non-hydrogen) atoms. The van der Waals surface area contributed by atoms with Crippen LogP contribution >= 0.6 is 11.6 Å². The molecule has 1 aromatic carbocycles. The molecule has 2 rings (SSSR count). The first kappa shape index (κ1) is 14.7. The summed E-state index contributed by atoms with van der Waals surface area (Å²) in [6.07, 6.45) is 2.18. The number of rotatable bonds is 5. The van der Waals surface area contributed by atoms with Crippen LogP contribution in [0.2, 0.25) is 5.02 Å². The Morgan fingerprint density at radius 3 is 3.05 bits per heavy atom. The lowest BCUT2D eigenvalue weighted by molar-refractivity contribution is 0.175. The third-order valence-corrected chi connectivity index (χ3v) is 3.85. The van der Waals surface area contributed by atoms with Crippen molar-refractivity contribution in [3.05, 3.63) is 34.6 Å². The molecule has 5 heteroatoms. The maximum atomic E-state index is 13.7. The predicted octanol–water partition coefficient (Wildman–Crippen LogP) is 2.03. The fourth-order valence-corrected chi connectivity index (χ4v) is 2.76. The minimum absolute atomic E-state index is 0.148. The lowest BCUT2D eigenvalue weighted by atomic mass is 10.0. The molecule has 1 aliphatic heterocycles. The molecule has 2 N–H and O–H groups in total. The van der Waals surface area contributed by atoms with Gasteiger partial charge in [0.05, 0.1) is 6.61 Å². The molecule has 0 aromatic heterocycles. The molecule has 0 aliphatic carbocycles. The molecule has 3 nitrogen and oxygen atoms in total. The van der Waals surface area contributed by atoms with Gasteiger partial charge in [-0.15, -0.1) is 0 Å². The highest BCUT2D eigenvalue weighted by Crippen LogP contribution is 2.22. The number of piperidine rings is 1. The van der Waals surface area contributed by atoms with Gasteiger partial charge in [-0.05, 0) is 31.5 Å². The Bertz CT molecular complexity index is 396. The Morgan fingerprint density at radius 2 is 2.32 bits per heavy atom. The highest BCUT2D eigenvalue weighted by atomic mass is 35.5. The van der Waals surface area contributed by atoms with Gasteiger partial charge in [0.1, 0.15) is 5.82 Å². The van der Waals surface area contributed by atoms with E-state index in [4.69, 9.17) is 16.7 Å². The normalized spacial score (nSPS) is 20.7. The highest BCUT2D eigenvalue weighted by molar-refractivity contribution is 6.31. The molecule has 1 heterocycles. The van der Waals surface area contributed by atoms with Gasteiger partial charge in [-0.25, -0.2) is 4.39 Å². The third-order valence-electron chi connectivity index (χ3n) is 3.49. The van der Waals surface area contributed by atoms with Crippen LogP contribution < -0.4 is 5.32 Å². The van der Waals surface area contributed by atoms with Crippen LogP contribution in [0.4, 0.5) is 4.39 Å². The van der Waals surface area contributed by atoms with Gasteiger partial charge in [-0.2, -0.15) is 0 Å². The van der Waals surface area contributed by atoms with Crippen molar-refractivity contribution in [1.29, 1.82) is 0 Å². The summed E-state index contributed by atoms with van der Waals surface area (Å²) in [6.45, 7) is 3.13. The smallest absolute Gasteiger partial charge is 0.129 e. The summed E-state index contributed by atoms with van der Waals surface area (Å²) in [5.41, 5.74) is 0.576. The molecule has 0 bridgehead atoms. The van der Waals surface area contributed by atoms with Crippen molar-refractivity contribution >= 4 is 11.6 Å². The van der Waals surface area contributed by atoms with E-state index in [1.54, 1.807) is 12.1 Å². The van der Waals surface area contributed by atoms with Crippen LogP contribution in [0.15, 0.2) is 18.2 Å². The SMILES string of the molecule is OCCNC1CCCN(Cc2c(F)cccc2Cl)C1. The van der Waals surface area contributed by atoms with E-state index < -0.39 is 0 Å². The van der Waals surface area contributed by atoms with Crippen molar-refractivity contribution in [2.45, 2.75) is 25.4 Å². The molecule has 1 aromatic rings.